The molecular formula is C16H24FN. The Morgan fingerprint density at radius 2 is 1.61 bits per heavy atom. The predicted octanol–water partition coefficient (Wildman–Crippen LogP) is 4.05. The van der Waals surface area contributed by atoms with E-state index in [4.69, 9.17) is 5.73 Å². The molecule has 0 saturated heterocycles. The standard InChI is InChI=1S/C16H24FN/c1-15(2,3)12-4-6-13(7-5-12)16(17)10-8-14(18)9-11-16/h4-7,14H,8-11,18H2,1-3H3. The lowest BCUT2D eigenvalue weighted by Gasteiger charge is -2.33. The van der Waals surface area contributed by atoms with Gasteiger partial charge in [-0.15, -0.1) is 0 Å². The molecule has 2 rings (SSSR count). The monoisotopic (exact) mass is 249 g/mol. The number of nitrogens with two attached hydrogens (primary N) is 1. The zero-order valence-corrected chi connectivity index (χ0v) is 11.7. The lowest BCUT2D eigenvalue weighted by atomic mass is 9.78. The van der Waals surface area contributed by atoms with Crippen molar-refractivity contribution in [2.45, 2.75) is 63.6 Å². The topological polar surface area (TPSA) is 26.0 Å². The van der Waals surface area contributed by atoms with Gasteiger partial charge in [-0.1, -0.05) is 45.0 Å². The Morgan fingerprint density at radius 1 is 1.11 bits per heavy atom. The Kier molecular flexibility index (Phi) is 3.50. The molecule has 0 aromatic heterocycles. The summed E-state index contributed by atoms with van der Waals surface area (Å²) in [4.78, 5) is 0. The fraction of sp³-hybridized carbons (Fsp3) is 0.625. The molecule has 0 radical (unpaired) electrons. The second-order valence-corrected chi connectivity index (χ2v) is 6.63. The van der Waals surface area contributed by atoms with Crippen LogP contribution in [-0.4, -0.2) is 6.04 Å². The highest BCUT2D eigenvalue weighted by molar-refractivity contribution is 5.31. The summed E-state index contributed by atoms with van der Waals surface area (Å²) in [6, 6.07) is 8.22. The van der Waals surface area contributed by atoms with Gasteiger partial charge in [0.1, 0.15) is 5.67 Å². The summed E-state index contributed by atoms with van der Waals surface area (Å²) in [6.07, 6.45) is 2.70. The first kappa shape index (κ1) is 13.5. The minimum atomic E-state index is -1.16. The van der Waals surface area contributed by atoms with Crippen LogP contribution in [0.1, 0.15) is 57.6 Å². The average Bonchev–Trinajstić information content (AvgIpc) is 2.32. The Bertz CT molecular complexity index is 394. The van der Waals surface area contributed by atoms with Crippen LogP contribution < -0.4 is 5.73 Å². The van der Waals surface area contributed by atoms with Gasteiger partial charge in [0, 0.05) is 6.04 Å². The molecule has 1 nitrogen and oxygen atoms in total. The van der Waals surface area contributed by atoms with Gasteiger partial charge in [-0.2, -0.15) is 0 Å². The molecule has 100 valence electrons. The predicted molar refractivity (Wildman–Crippen MR) is 74.4 cm³/mol. The first-order valence-corrected chi connectivity index (χ1v) is 6.87. The van der Waals surface area contributed by atoms with Gasteiger partial charge >= 0.3 is 0 Å². The summed E-state index contributed by atoms with van der Waals surface area (Å²) in [5.74, 6) is 0. The Hall–Kier alpha value is -0.890. The third-order valence-electron chi connectivity index (χ3n) is 4.09. The van der Waals surface area contributed by atoms with E-state index in [1.54, 1.807) is 0 Å². The smallest absolute Gasteiger partial charge is 0.136 e. The van der Waals surface area contributed by atoms with Crippen LogP contribution in [0.25, 0.3) is 0 Å². The fourth-order valence-corrected chi connectivity index (χ4v) is 2.66. The van der Waals surface area contributed by atoms with Crippen LogP contribution in [0.3, 0.4) is 0 Å². The van der Waals surface area contributed by atoms with Crippen molar-refractivity contribution in [1.29, 1.82) is 0 Å². The quantitative estimate of drug-likeness (QED) is 0.798. The Labute approximate surface area is 110 Å². The summed E-state index contributed by atoms with van der Waals surface area (Å²) < 4.78 is 14.9. The summed E-state index contributed by atoms with van der Waals surface area (Å²) >= 11 is 0. The van der Waals surface area contributed by atoms with E-state index >= 15 is 0 Å². The van der Waals surface area contributed by atoms with Crippen LogP contribution in [0.5, 0.6) is 0 Å². The summed E-state index contributed by atoms with van der Waals surface area (Å²) in [7, 11) is 0. The van der Waals surface area contributed by atoms with E-state index in [2.05, 4.69) is 32.9 Å². The van der Waals surface area contributed by atoms with Crippen molar-refractivity contribution in [2.75, 3.05) is 0 Å². The van der Waals surface area contributed by atoms with Crippen LogP contribution in [0.15, 0.2) is 24.3 Å². The maximum atomic E-state index is 14.9. The van der Waals surface area contributed by atoms with Gasteiger partial charge in [0.05, 0.1) is 0 Å². The molecule has 1 aliphatic carbocycles. The van der Waals surface area contributed by atoms with Gasteiger partial charge in [-0.3, -0.25) is 0 Å². The largest absolute Gasteiger partial charge is 0.328 e. The molecule has 0 bridgehead atoms. The van der Waals surface area contributed by atoms with Gasteiger partial charge in [0.15, 0.2) is 0 Å². The van der Waals surface area contributed by atoms with Crippen LogP contribution in [-0.2, 0) is 11.1 Å². The third-order valence-corrected chi connectivity index (χ3v) is 4.09. The number of rotatable bonds is 1. The van der Waals surface area contributed by atoms with Gasteiger partial charge in [0.25, 0.3) is 0 Å². The minimum absolute atomic E-state index is 0.122. The van der Waals surface area contributed by atoms with E-state index in [9.17, 15) is 4.39 Å². The molecule has 18 heavy (non-hydrogen) atoms. The number of hydrogen-bond acceptors (Lipinski definition) is 1. The van der Waals surface area contributed by atoms with Crippen LogP contribution in [0.2, 0.25) is 0 Å². The Morgan fingerprint density at radius 3 is 2.06 bits per heavy atom. The van der Waals surface area contributed by atoms with Crippen LogP contribution in [0.4, 0.5) is 4.39 Å². The van der Waals surface area contributed by atoms with Crippen molar-refractivity contribution in [3.63, 3.8) is 0 Å². The summed E-state index contributed by atoms with van der Waals surface area (Å²) in [6.45, 7) is 6.52. The normalized spacial score (nSPS) is 29.3. The van der Waals surface area contributed by atoms with E-state index in [-0.39, 0.29) is 11.5 Å². The number of hydrogen-bond donors (Lipinski definition) is 1. The maximum Gasteiger partial charge on any atom is 0.136 e. The fourth-order valence-electron chi connectivity index (χ4n) is 2.66. The lowest BCUT2D eigenvalue weighted by molar-refractivity contribution is 0.0979. The summed E-state index contributed by atoms with van der Waals surface area (Å²) in [5, 5.41) is 0. The molecule has 0 heterocycles. The van der Waals surface area contributed by atoms with E-state index < -0.39 is 5.67 Å². The van der Waals surface area contributed by atoms with Crippen molar-refractivity contribution >= 4 is 0 Å². The highest BCUT2D eigenvalue weighted by Crippen LogP contribution is 2.40. The number of alkyl halides is 1. The molecule has 2 N–H and O–H groups in total. The van der Waals surface area contributed by atoms with Gasteiger partial charge in [-0.05, 0) is 42.2 Å². The van der Waals surface area contributed by atoms with E-state index in [1.165, 1.54) is 5.56 Å². The molecule has 0 aliphatic heterocycles. The summed E-state index contributed by atoms with van der Waals surface area (Å²) in [5.41, 5.74) is 6.88. The van der Waals surface area contributed by atoms with Crippen LogP contribution in [0, 0.1) is 0 Å². The van der Waals surface area contributed by atoms with E-state index in [0.29, 0.717) is 12.8 Å². The van der Waals surface area contributed by atoms with Crippen LogP contribution >= 0.6 is 0 Å². The Balaban J connectivity index is 2.19. The zero-order valence-electron chi connectivity index (χ0n) is 11.7. The van der Waals surface area contributed by atoms with Gasteiger partial charge in [0.2, 0.25) is 0 Å². The zero-order chi connectivity index (χ0) is 13.4. The molecule has 0 unspecified atom stereocenters. The first-order valence-electron chi connectivity index (χ1n) is 6.87. The third kappa shape index (κ3) is 2.74. The first-order chi connectivity index (χ1) is 8.31. The molecule has 0 amide bonds. The number of benzene rings is 1. The van der Waals surface area contributed by atoms with Gasteiger partial charge in [-0.25, -0.2) is 4.39 Å². The molecule has 0 atom stereocenters. The van der Waals surface area contributed by atoms with Crippen molar-refractivity contribution in [3.8, 4) is 0 Å². The average molecular weight is 249 g/mol. The SMILES string of the molecule is CC(C)(C)c1ccc(C2(F)CCC(N)CC2)cc1. The van der Waals surface area contributed by atoms with Crippen molar-refractivity contribution in [2.24, 2.45) is 5.73 Å². The molecule has 1 aromatic rings. The maximum absolute atomic E-state index is 14.9. The van der Waals surface area contributed by atoms with E-state index in [1.807, 2.05) is 12.1 Å². The minimum Gasteiger partial charge on any atom is -0.328 e. The van der Waals surface area contributed by atoms with Crippen molar-refractivity contribution < 1.29 is 4.39 Å². The second-order valence-electron chi connectivity index (χ2n) is 6.63. The molecule has 1 saturated carbocycles. The molecular weight excluding hydrogens is 225 g/mol. The molecule has 1 aliphatic rings. The number of halogens is 1. The molecule has 1 aromatic carbocycles. The van der Waals surface area contributed by atoms with Gasteiger partial charge < -0.3 is 5.73 Å². The molecule has 0 spiro atoms. The second kappa shape index (κ2) is 4.65. The highest BCUT2D eigenvalue weighted by atomic mass is 19.1. The van der Waals surface area contributed by atoms with Crippen molar-refractivity contribution in [3.05, 3.63) is 35.4 Å². The molecule has 1 fully saturated rings. The van der Waals surface area contributed by atoms with Crippen molar-refractivity contribution in [1.82, 2.24) is 0 Å². The molecule has 2 heteroatoms. The lowest BCUT2D eigenvalue weighted by Crippen LogP contribution is -2.34. The van der Waals surface area contributed by atoms with E-state index in [0.717, 1.165) is 18.4 Å². The highest BCUT2D eigenvalue weighted by Gasteiger charge is 2.36.